The number of sulfone groups is 1. The van der Waals surface area contributed by atoms with Crippen LogP contribution in [0.1, 0.15) is 25.1 Å². The minimum atomic E-state index is -3.07. The Morgan fingerprint density at radius 2 is 2.12 bits per heavy atom. The van der Waals surface area contributed by atoms with E-state index >= 15 is 0 Å². The number of halogens is 2. The largest absolute Gasteiger partial charge is 0.330 e. The molecule has 0 saturated carbocycles. The second-order valence-electron chi connectivity index (χ2n) is 6.70. The van der Waals surface area contributed by atoms with Gasteiger partial charge in [0.2, 0.25) is 5.91 Å². The standard InChI is InChI=1S/C15H22F2N4O3S/c1-2-25(23,24)6-5-19-8-12-3-4-18-21(12)13(9-19)7-14(22)20-10-15(16,17)11-20/h3-4,13H,2,5-11H2,1H3/t13-/m1/s1. The monoisotopic (exact) mass is 376 g/mol. The summed E-state index contributed by atoms with van der Waals surface area (Å²) in [6.45, 7) is 1.99. The molecule has 1 aromatic heterocycles. The molecule has 0 aromatic carbocycles. The van der Waals surface area contributed by atoms with Crippen molar-refractivity contribution in [3.8, 4) is 0 Å². The number of nitrogens with zero attached hydrogens (tertiary/aromatic N) is 4. The van der Waals surface area contributed by atoms with E-state index in [1.54, 1.807) is 17.8 Å². The predicted molar refractivity (Wildman–Crippen MR) is 87.0 cm³/mol. The van der Waals surface area contributed by atoms with Crippen LogP contribution in [0.3, 0.4) is 0 Å². The lowest BCUT2D eigenvalue weighted by Crippen LogP contribution is -2.58. The molecule has 1 saturated heterocycles. The van der Waals surface area contributed by atoms with Crippen molar-refractivity contribution in [2.75, 3.05) is 37.7 Å². The van der Waals surface area contributed by atoms with E-state index in [-0.39, 0.29) is 29.9 Å². The molecule has 2 aliphatic heterocycles. The van der Waals surface area contributed by atoms with Gasteiger partial charge in [-0.05, 0) is 6.07 Å². The number of carbonyl (C=O) groups excluding carboxylic acids is 1. The van der Waals surface area contributed by atoms with Gasteiger partial charge >= 0.3 is 0 Å². The predicted octanol–water partition coefficient (Wildman–Crippen LogP) is 0.542. The zero-order valence-electron chi connectivity index (χ0n) is 14.1. The zero-order valence-corrected chi connectivity index (χ0v) is 14.9. The minimum absolute atomic E-state index is 0.0661. The quantitative estimate of drug-likeness (QED) is 0.725. The van der Waals surface area contributed by atoms with E-state index in [1.807, 2.05) is 11.0 Å². The molecule has 3 heterocycles. The number of fused-ring (bicyclic) bond motifs is 1. The second-order valence-corrected chi connectivity index (χ2v) is 9.18. The van der Waals surface area contributed by atoms with Crippen LogP contribution in [-0.4, -0.2) is 77.5 Å². The summed E-state index contributed by atoms with van der Waals surface area (Å²) in [4.78, 5) is 15.4. The van der Waals surface area contributed by atoms with Crippen LogP contribution in [0.25, 0.3) is 0 Å². The highest BCUT2D eigenvalue weighted by Gasteiger charge is 2.46. The fraction of sp³-hybridized carbons (Fsp3) is 0.733. The highest BCUT2D eigenvalue weighted by atomic mass is 32.2. The molecule has 25 heavy (non-hydrogen) atoms. The molecule has 0 radical (unpaired) electrons. The molecule has 140 valence electrons. The first kappa shape index (κ1) is 18.2. The molecule has 7 nitrogen and oxygen atoms in total. The van der Waals surface area contributed by atoms with Crippen molar-refractivity contribution in [2.45, 2.75) is 31.9 Å². The number of amides is 1. The number of hydrogen-bond acceptors (Lipinski definition) is 5. The molecular weight excluding hydrogens is 354 g/mol. The maximum atomic E-state index is 12.9. The maximum absolute atomic E-state index is 12.9. The molecule has 2 aliphatic rings. The van der Waals surface area contributed by atoms with Crippen molar-refractivity contribution in [1.82, 2.24) is 19.6 Å². The molecule has 0 aliphatic carbocycles. The van der Waals surface area contributed by atoms with Gasteiger partial charge in [0.05, 0.1) is 37.0 Å². The average molecular weight is 376 g/mol. The average Bonchev–Trinajstić information content (AvgIpc) is 2.99. The van der Waals surface area contributed by atoms with Crippen LogP contribution in [-0.2, 0) is 21.2 Å². The van der Waals surface area contributed by atoms with Gasteiger partial charge < -0.3 is 4.90 Å². The first-order valence-electron chi connectivity index (χ1n) is 8.30. The lowest BCUT2D eigenvalue weighted by molar-refractivity contribution is -0.166. The van der Waals surface area contributed by atoms with Crippen LogP contribution in [0.5, 0.6) is 0 Å². The van der Waals surface area contributed by atoms with E-state index < -0.39 is 28.8 Å². The number of alkyl halides is 2. The Labute approximate surface area is 145 Å². The Morgan fingerprint density at radius 1 is 1.40 bits per heavy atom. The van der Waals surface area contributed by atoms with Gasteiger partial charge in [-0.3, -0.25) is 14.4 Å². The molecule has 0 spiro atoms. The lowest BCUT2D eigenvalue weighted by Gasteiger charge is -2.40. The van der Waals surface area contributed by atoms with E-state index in [0.29, 0.717) is 19.6 Å². The number of aromatic nitrogens is 2. The third-order valence-electron chi connectivity index (χ3n) is 4.72. The second kappa shape index (κ2) is 6.64. The topological polar surface area (TPSA) is 75.5 Å². The summed E-state index contributed by atoms with van der Waals surface area (Å²) in [6.07, 6.45) is 1.72. The van der Waals surface area contributed by atoms with Gasteiger partial charge in [-0.1, -0.05) is 6.92 Å². The van der Waals surface area contributed by atoms with Crippen molar-refractivity contribution in [1.29, 1.82) is 0 Å². The molecular formula is C15H22F2N4O3S. The summed E-state index contributed by atoms with van der Waals surface area (Å²) in [5.74, 6) is -2.93. The van der Waals surface area contributed by atoms with Crippen molar-refractivity contribution in [2.24, 2.45) is 0 Å². The van der Waals surface area contributed by atoms with Crippen LogP contribution in [0.2, 0.25) is 0 Å². The minimum Gasteiger partial charge on any atom is -0.330 e. The summed E-state index contributed by atoms with van der Waals surface area (Å²) in [5.41, 5.74) is 0.895. The van der Waals surface area contributed by atoms with Gasteiger partial charge in [0, 0.05) is 31.6 Å². The third-order valence-corrected chi connectivity index (χ3v) is 6.40. The SMILES string of the molecule is CCS(=O)(=O)CCN1Cc2ccnn2[C@H](CC(=O)N2CC(F)(F)C2)C1. The van der Waals surface area contributed by atoms with Gasteiger partial charge in [0.1, 0.15) is 0 Å². The van der Waals surface area contributed by atoms with E-state index in [1.165, 1.54) is 0 Å². The highest BCUT2D eigenvalue weighted by molar-refractivity contribution is 7.91. The number of hydrogen-bond donors (Lipinski definition) is 0. The molecule has 1 atom stereocenters. The van der Waals surface area contributed by atoms with Crippen LogP contribution in [0, 0.1) is 0 Å². The van der Waals surface area contributed by atoms with Gasteiger partial charge in [0.25, 0.3) is 5.92 Å². The van der Waals surface area contributed by atoms with Crippen LogP contribution in [0.15, 0.2) is 12.3 Å². The van der Waals surface area contributed by atoms with Crippen molar-refractivity contribution in [3.63, 3.8) is 0 Å². The Kier molecular flexibility index (Phi) is 4.84. The van der Waals surface area contributed by atoms with Crippen LogP contribution in [0.4, 0.5) is 8.78 Å². The van der Waals surface area contributed by atoms with Crippen molar-refractivity contribution < 1.29 is 22.0 Å². The maximum Gasteiger partial charge on any atom is 0.282 e. The molecule has 10 heteroatoms. The Hall–Kier alpha value is -1.55. The summed E-state index contributed by atoms with van der Waals surface area (Å²) < 4.78 is 51.1. The fourth-order valence-corrected chi connectivity index (χ4v) is 4.04. The normalized spacial score (nSPS) is 23.2. The highest BCUT2D eigenvalue weighted by Crippen LogP contribution is 2.29. The smallest absolute Gasteiger partial charge is 0.282 e. The molecule has 0 bridgehead atoms. The number of carbonyl (C=O) groups is 1. The summed E-state index contributed by atoms with van der Waals surface area (Å²) >= 11 is 0. The van der Waals surface area contributed by atoms with E-state index in [4.69, 9.17) is 0 Å². The van der Waals surface area contributed by atoms with E-state index in [9.17, 15) is 22.0 Å². The Morgan fingerprint density at radius 3 is 2.76 bits per heavy atom. The summed E-state index contributed by atoms with van der Waals surface area (Å²) in [5, 5.41) is 4.24. The van der Waals surface area contributed by atoms with Gasteiger partial charge in [-0.15, -0.1) is 0 Å². The fourth-order valence-electron chi connectivity index (χ4n) is 3.22. The van der Waals surface area contributed by atoms with Crippen LogP contribution < -0.4 is 0 Å². The molecule has 1 fully saturated rings. The number of rotatable bonds is 6. The summed E-state index contributed by atoms with van der Waals surface area (Å²) in [6, 6.07) is 1.56. The van der Waals surface area contributed by atoms with Crippen molar-refractivity contribution >= 4 is 15.7 Å². The Balaban J connectivity index is 1.64. The molecule has 0 unspecified atom stereocenters. The lowest BCUT2D eigenvalue weighted by atomic mass is 10.1. The Bertz CT molecular complexity index is 742. The van der Waals surface area contributed by atoms with Crippen LogP contribution >= 0.6 is 0 Å². The van der Waals surface area contributed by atoms with Crippen molar-refractivity contribution in [3.05, 3.63) is 18.0 Å². The molecule has 3 rings (SSSR count). The molecule has 0 N–H and O–H groups in total. The van der Waals surface area contributed by atoms with E-state index in [2.05, 4.69) is 5.10 Å². The number of likely N-dealkylation sites (tertiary alicyclic amines) is 1. The first-order valence-corrected chi connectivity index (χ1v) is 10.1. The summed E-state index contributed by atoms with van der Waals surface area (Å²) in [7, 11) is -3.07. The van der Waals surface area contributed by atoms with Gasteiger partial charge in [-0.25, -0.2) is 17.2 Å². The first-order chi connectivity index (χ1) is 11.7. The van der Waals surface area contributed by atoms with Gasteiger partial charge in [0.15, 0.2) is 9.84 Å². The van der Waals surface area contributed by atoms with Gasteiger partial charge in [-0.2, -0.15) is 5.10 Å². The molecule has 1 aromatic rings. The van der Waals surface area contributed by atoms with E-state index in [0.717, 1.165) is 10.6 Å². The zero-order chi connectivity index (χ0) is 18.2. The molecule has 1 amide bonds. The third kappa shape index (κ3) is 4.17.